The second kappa shape index (κ2) is 7.35. The Kier molecular flexibility index (Phi) is 7.02. The lowest BCUT2D eigenvalue weighted by Crippen LogP contribution is -3.00. The molecule has 7 heteroatoms. The fourth-order valence-electron chi connectivity index (χ4n) is 2.22. The zero-order valence-electron chi connectivity index (χ0n) is 13.5. The van der Waals surface area contributed by atoms with Crippen LogP contribution in [-0.2, 0) is 9.59 Å². The Labute approximate surface area is 137 Å². The number of quaternary nitrogens is 1. The lowest BCUT2D eigenvalue weighted by atomic mass is 9.75. The van der Waals surface area contributed by atoms with E-state index in [0.29, 0.717) is 29.8 Å². The molecule has 21 heavy (non-hydrogen) atoms. The van der Waals surface area contributed by atoms with Crippen molar-refractivity contribution >= 4 is 17.8 Å². The zero-order chi connectivity index (χ0) is 15.6. The Hall–Kier alpha value is -0.950. The molecule has 122 valence electrons. The number of urea groups is 1. The van der Waals surface area contributed by atoms with Crippen LogP contribution in [0.25, 0.3) is 0 Å². The molecule has 0 aromatic rings. The smallest absolute Gasteiger partial charge is 0.328 e. The van der Waals surface area contributed by atoms with Gasteiger partial charge in [-0.2, -0.15) is 0 Å². The highest BCUT2D eigenvalue weighted by Gasteiger charge is 2.50. The number of hydrogen-bond acceptors (Lipinski definition) is 3. The van der Waals surface area contributed by atoms with E-state index in [9.17, 15) is 14.4 Å². The third kappa shape index (κ3) is 5.39. The highest BCUT2D eigenvalue weighted by atomic mass is 79.9. The second-order valence-corrected chi connectivity index (χ2v) is 7.02. The number of rotatable bonds is 6. The van der Waals surface area contributed by atoms with Gasteiger partial charge in [0.2, 0.25) is 11.8 Å². The Morgan fingerprint density at radius 3 is 1.86 bits per heavy atom. The number of nitrogens with one attached hydrogen (secondary N) is 2. The van der Waals surface area contributed by atoms with Gasteiger partial charge in [0.1, 0.15) is 5.41 Å². The average molecular weight is 364 g/mol. The van der Waals surface area contributed by atoms with E-state index in [1.807, 2.05) is 21.1 Å². The maximum absolute atomic E-state index is 12.3. The summed E-state index contributed by atoms with van der Waals surface area (Å²) in [5.41, 5.74) is -1.12. The van der Waals surface area contributed by atoms with Crippen molar-refractivity contribution in [3.8, 4) is 0 Å². The summed E-state index contributed by atoms with van der Waals surface area (Å²) in [6, 6.07) is -0.717. The summed E-state index contributed by atoms with van der Waals surface area (Å²) in [7, 11) is 6.04. The molecule has 4 amide bonds. The van der Waals surface area contributed by atoms with Gasteiger partial charge in [0.15, 0.2) is 0 Å². The minimum absolute atomic E-state index is 0. The van der Waals surface area contributed by atoms with E-state index in [2.05, 4.69) is 24.5 Å². The van der Waals surface area contributed by atoms with Gasteiger partial charge in [0.25, 0.3) is 0 Å². The summed E-state index contributed by atoms with van der Waals surface area (Å²) < 4.78 is 0.665. The van der Waals surface area contributed by atoms with Gasteiger partial charge in [-0.25, -0.2) is 4.79 Å². The van der Waals surface area contributed by atoms with E-state index in [1.54, 1.807) is 0 Å². The van der Waals surface area contributed by atoms with Crippen molar-refractivity contribution in [2.24, 2.45) is 11.3 Å². The van der Waals surface area contributed by atoms with E-state index < -0.39 is 23.3 Å². The molecule has 0 saturated carbocycles. The normalized spacial score (nSPS) is 18.1. The number of hydrogen-bond donors (Lipinski definition) is 2. The van der Waals surface area contributed by atoms with Crippen molar-refractivity contribution in [1.29, 1.82) is 0 Å². The van der Waals surface area contributed by atoms with Gasteiger partial charge < -0.3 is 21.5 Å². The van der Waals surface area contributed by atoms with Crippen LogP contribution < -0.4 is 27.6 Å². The van der Waals surface area contributed by atoms with Crippen molar-refractivity contribution in [1.82, 2.24) is 10.6 Å². The van der Waals surface area contributed by atoms with E-state index in [4.69, 9.17) is 0 Å². The lowest BCUT2D eigenvalue weighted by molar-refractivity contribution is -0.871. The largest absolute Gasteiger partial charge is 1.00 e. The van der Waals surface area contributed by atoms with E-state index in [-0.39, 0.29) is 17.0 Å². The highest BCUT2D eigenvalue weighted by molar-refractivity contribution is 6.19. The molecule has 2 N–H and O–H groups in total. The molecular weight excluding hydrogens is 338 g/mol. The van der Waals surface area contributed by atoms with Crippen LogP contribution >= 0.6 is 0 Å². The van der Waals surface area contributed by atoms with Crippen molar-refractivity contribution in [3.63, 3.8) is 0 Å². The Morgan fingerprint density at radius 1 is 1.00 bits per heavy atom. The molecule has 0 aromatic heterocycles. The molecule has 0 aromatic carbocycles. The number of carbonyl (C=O) groups excluding carboxylic acids is 3. The molecule has 6 nitrogen and oxygen atoms in total. The van der Waals surface area contributed by atoms with Crippen LogP contribution in [0.1, 0.15) is 33.1 Å². The van der Waals surface area contributed by atoms with Gasteiger partial charge in [-0.1, -0.05) is 13.8 Å². The number of halogens is 1. The first-order valence-electron chi connectivity index (χ1n) is 7.04. The van der Waals surface area contributed by atoms with Crippen LogP contribution in [0, 0.1) is 11.3 Å². The maximum atomic E-state index is 12.3. The predicted molar refractivity (Wildman–Crippen MR) is 75.7 cm³/mol. The number of amides is 4. The number of nitrogens with zero attached hydrogens (tertiary/aromatic N) is 1. The summed E-state index contributed by atoms with van der Waals surface area (Å²) in [6.07, 6.45) is 1.68. The van der Waals surface area contributed by atoms with E-state index in [1.165, 1.54) is 0 Å². The number of imide groups is 2. The van der Waals surface area contributed by atoms with Crippen LogP contribution in [0.3, 0.4) is 0 Å². The molecule has 1 aliphatic heterocycles. The number of carbonyl (C=O) groups is 3. The minimum atomic E-state index is -1.12. The van der Waals surface area contributed by atoms with Gasteiger partial charge in [-0.15, -0.1) is 0 Å². The standard InChI is InChI=1S/C14H25N3O3.BrH/c1-10(2)6-7-14(8-9-17(3,4)5)11(18)15-13(20)16-12(14)19;/h10H,6-9H2,1-5H3,(H-,15,16,18,19,20);1H. The van der Waals surface area contributed by atoms with Crippen LogP contribution in [0.4, 0.5) is 4.79 Å². The molecule has 0 atom stereocenters. The fraction of sp³-hybridized carbons (Fsp3) is 0.786. The second-order valence-electron chi connectivity index (χ2n) is 7.02. The van der Waals surface area contributed by atoms with Crippen LogP contribution in [0.2, 0.25) is 0 Å². The molecule has 0 bridgehead atoms. The molecule has 1 fully saturated rings. The third-order valence-corrected chi connectivity index (χ3v) is 3.68. The van der Waals surface area contributed by atoms with Crippen LogP contribution in [0.15, 0.2) is 0 Å². The topological polar surface area (TPSA) is 75.3 Å². The zero-order valence-corrected chi connectivity index (χ0v) is 15.0. The Balaban J connectivity index is 0.00000400. The summed E-state index contributed by atoms with van der Waals surface area (Å²) >= 11 is 0. The molecule has 1 rings (SSSR count). The summed E-state index contributed by atoms with van der Waals surface area (Å²) in [4.78, 5) is 35.8. The average Bonchev–Trinajstić information content (AvgIpc) is 2.25. The van der Waals surface area contributed by atoms with Gasteiger partial charge in [0, 0.05) is 6.42 Å². The van der Waals surface area contributed by atoms with Gasteiger partial charge in [0.05, 0.1) is 27.7 Å². The van der Waals surface area contributed by atoms with Gasteiger partial charge in [-0.05, 0) is 18.8 Å². The quantitative estimate of drug-likeness (QED) is 0.418. The molecule has 1 aliphatic rings. The van der Waals surface area contributed by atoms with Crippen molar-refractivity contribution in [2.75, 3.05) is 27.7 Å². The third-order valence-electron chi connectivity index (χ3n) is 3.68. The summed E-state index contributed by atoms with van der Waals surface area (Å²) in [5, 5.41) is 4.49. The molecule has 0 unspecified atom stereocenters. The summed E-state index contributed by atoms with van der Waals surface area (Å²) in [6.45, 7) is 4.79. The van der Waals surface area contributed by atoms with Gasteiger partial charge in [-0.3, -0.25) is 20.2 Å². The number of barbiturate groups is 1. The van der Waals surface area contributed by atoms with E-state index in [0.717, 1.165) is 6.42 Å². The molecule has 0 spiro atoms. The maximum Gasteiger partial charge on any atom is 0.328 e. The SMILES string of the molecule is CC(C)CCC1(CC[N+](C)(C)C)C(=O)NC(=O)NC1=O.[Br-]. The summed E-state index contributed by atoms with van der Waals surface area (Å²) in [5.74, 6) is -0.519. The monoisotopic (exact) mass is 363 g/mol. The minimum Gasteiger partial charge on any atom is -1.00 e. The first-order valence-corrected chi connectivity index (χ1v) is 7.04. The van der Waals surface area contributed by atoms with Crippen molar-refractivity contribution in [2.45, 2.75) is 33.1 Å². The molecule has 1 saturated heterocycles. The van der Waals surface area contributed by atoms with Crippen LogP contribution in [-0.4, -0.2) is 50.0 Å². The first-order chi connectivity index (χ1) is 9.07. The fourth-order valence-corrected chi connectivity index (χ4v) is 2.22. The van der Waals surface area contributed by atoms with E-state index >= 15 is 0 Å². The van der Waals surface area contributed by atoms with Crippen molar-refractivity contribution in [3.05, 3.63) is 0 Å². The highest BCUT2D eigenvalue weighted by Crippen LogP contribution is 2.33. The van der Waals surface area contributed by atoms with Crippen LogP contribution in [0.5, 0.6) is 0 Å². The Morgan fingerprint density at radius 2 is 1.48 bits per heavy atom. The Bertz CT molecular complexity index is 396. The predicted octanol–water partition coefficient (Wildman–Crippen LogP) is -2.12. The molecular formula is C14H26BrN3O3. The molecule has 1 heterocycles. The first kappa shape index (κ1) is 20.1. The van der Waals surface area contributed by atoms with Gasteiger partial charge >= 0.3 is 6.03 Å². The lowest BCUT2D eigenvalue weighted by Gasteiger charge is -2.36. The van der Waals surface area contributed by atoms with Crippen molar-refractivity contribution < 1.29 is 35.8 Å². The molecule has 0 radical (unpaired) electrons. The molecule has 0 aliphatic carbocycles.